The first kappa shape index (κ1) is 19.8. The van der Waals surface area contributed by atoms with Crippen molar-refractivity contribution < 1.29 is 4.39 Å². The number of rotatable bonds is 3. The van der Waals surface area contributed by atoms with Crippen molar-refractivity contribution >= 4 is 17.2 Å². The largest absolute Gasteiger partial charge is 0.369 e. The molecule has 166 valence electrons. The van der Waals surface area contributed by atoms with E-state index in [1.165, 1.54) is 0 Å². The van der Waals surface area contributed by atoms with Crippen LogP contribution < -0.4 is 21.2 Å². The minimum atomic E-state index is -0.375. The fourth-order valence-corrected chi connectivity index (χ4v) is 4.45. The number of nitrogens with zero attached hydrogens (tertiary/aromatic N) is 6. The molecule has 8 nitrogen and oxygen atoms in total. The predicted octanol–water partition coefficient (Wildman–Crippen LogP) is 2.65. The minimum Gasteiger partial charge on any atom is -0.369 e. The first-order valence-electron chi connectivity index (χ1n) is 11.1. The van der Waals surface area contributed by atoms with E-state index in [9.17, 15) is 4.39 Å². The van der Waals surface area contributed by atoms with E-state index in [1.54, 1.807) is 24.5 Å². The van der Waals surface area contributed by atoms with Crippen LogP contribution in [-0.4, -0.2) is 52.2 Å². The third kappa shape index (κ3) is 3.70. The Balaban J connectivity index is 1.40. The van der Waals surface area contributed by atoms with Gasteiger partial charge in [0, 0.05) is 68.5 Å². The molecule has 1 aromatic heterocycles. The molecule has 0 amide bonds. The Morgan fingerprint density at radius 3 is 2.70 bits per heavy atom. The summed E-state index contributed by atoms with van der Waals surface area (Å²) < 4.78 is 17.0. The van der Waals surface area contributed by atoms with Gasteiger partial charge in [-0.1, -0.05) is 6.07 Å². The van der Waals surface area contributed by atoms with Crippen molar-refractivity contribution in [1.29, 1.82) is 0 Å². The molecule has 0 bridgehead atoms. The van der Waals surface area contributed by atoms with Crippen molar-refractivity contribution in [1.82, 2.24) is 24.8 Å². The Labute approximate surface area is 190 Å². The molecule has 5 heterocycles. The van der Waals surface area contributed by atoms with Crippen LogP contribution in [0.1, 0.15) is 0 Å². The van der Waals surface area contributed by atoms with Gasteiger partial charge in [0.15, 0.2) is 5.82 Å². The van der Waals surface area contributed by atoms with E-state index in [1.807, 2.05) is 30.3 Å². The van der Waals surface area contributed by atoms with E-state index in [-0.39, 0.29) is 17.1 Å². The smallest absolute Gasteiger partial charge is 0.251 e. The Morgan fingerprint density at radius 2 is 1.88 bits per heavy atom. The Hall–Kier alpha value is -3.85. The van der Waals surface area contributed by atoms with Gasteiger partial charge >= 0.3 is 0 Å². The van der Waals surface area contributed by atoms with E-state index in [0.29, 0.717) is 0 Å². The van der Waals surface area contributed by atoms with Crippen LogP contribution in [0.2, 0.25) is 0 Å². The molecule has 1 aromatic carbocycles. The number of benzene rings is 1. The maximum atomic E-state index is 14.9. The molecule has 2 N–H and O–H groups in total. The second-order valence-corrected chi connectivity index (χ2v) is 8.13. The SMILES string of the molecule is Fc1cc(N2CCNCC2)ccc1N=c1ncc2cc(-c3ccccn3)c3n(c-2n1)CCN3. The molecule has 0 atom stereocenters. The lowest BCUT2D eigenvalue weighted by molar-refractivity contribution is 0.585. The van der Waals surface area contributed by atoms with E-state index in [2.05, 4.69) is 40.0 Å². The van der Waals surface area contributed by atoms with E-state index in [4.69, 9.17) is 0 Å². The first-order chi connectivity index (χ1) is 16.3. The summed E-state index contributed by atoms with van der Waals surface area (Å²) in [6.07, 6.45) is 3.53. The summed E-state index contributed by atoms with van der Waals surface area (Å²) in [6.45, 7) is 5.10. The summed E-state index contributed by atoms with van der Waals surface area (Å²) >= 11 is 0. The van der Waals surface area contributed by atoms with Crippen molar-refractivity contribution in [3.8, 4) is 22.6 Å². The lowest BCUT2D eigenvalue weighted by Crippen LogP contribution is -2.43. The van der Waals surface area contributed by atoms with Gasteiger partial charge in [-0.2, -0.15) is 4.98 Å². The van der Waals surface area contributed by atoms with Gasteiger partial charge < -0.3 is 20.1 Å². The van der Waals surface area contributed by atoms with Crippen molar-refractivity contribution in [3.05, 3.63) is 66.3 Å². The maximum Gasteiger partial charge on any atom is 0.251 e. The Bertz CT molecular complexity index is 1340. The van der Waals surface area contributed by atoms with Crippen LogP contribution in [0.3, 0.4) is 0 Å². The van der Waals surface area contributed by atoms with Crippen LogP contribution in [0.4, 0.5) is 21.6 Å². The highest BCUT2D eigenvalue weighted by Gasteiger charge is 2.22. The molecular formula is C24H23FN8. The molecule has 4 aliphatic heterocycles. The quantitative estimate of drug-likeness (QED) is 0.508. The maximum absolute atomic E-state index is 14.9. The van der Waals surface area contributed by atoms with Crippen molar-refractivity contribution in [2.75, 3.05) is 42.9 Å². The number of aromatic nitrogens is 4. The number of hydrogen-bond acceptors (Lipinski definition) is 7. The average molecular weight is 443 g/mol. The zero-order valence-corrected chi connectivity index (χ0v) is 18.0. The van der Waals surface area contributed by atoms with E-state index >= 15 is 0 Å². The highest BCUT2D eigenvalue weighted by molar-refractivity contribution is 5.80. The normalized spacial score (nSPS) is 16.2. The number of anilines is 2. The highest BCUT2D eigenvalue weighted by atomic mass is 19.1. The zero-order valence-electron chi connectivity index (χ0n) is 18.0. The summed E-state index contributed by atoms with van der Waals surface area (Å²) in [5, 5.41) is 6.75. The molecule has 33 heavy (non-hydrogen) atoms. The molecule has 0 saturated carbocycles. The third-order valence-corrected chi connectivity index (χ3v) is 6.07. The van der Waals surface area contributed by atoms with Gasteiger partial charge in [-0.25, -0.2) is 14.4 Å². The van der Waals surface area contributed by atoms with E-state index < -0.39 is 0 Å². The van der Waals surface area contributed by atoms with Gasteiger partial charge in [-0.15, -0.1) is 0 Å². The van der Waals surface area contributed by atoms with Gasteiger partial charge in [0.05, 0.1) is 5.69 Å². The number of pyridine rings is 2. The fraction of sp³-hybridized carbons (Fsp3) is 0.250. The standard InChI is InChI=1S/C24H23FN8/c25-19-14-17(32-10-7-26-8-11-32)4-5-21(19)30-24-29-15-16-13-18(20-3-1-2-6-27-20)23-28-9-12-33(23)22(16)31-24/h1-6,13-15,26,28H,7-12H2. The number of hydrogen-bond donors (Lipinski definition) is 2. The van der Waals surface area contributed by atoms with Crippen molar-refractivity contribution in [2.24, 2.45) is 4.99 Å². The van der Waals surface area contributed by atoms with Gasteiger partial charge in [0.2, 0.25) is 0 Å². The molecule has 0 radical (unpaired) electrons. The van der Waals surface area contributed by atoms with Crippen LogP contribution in [-0.2, 0) is 6.54 Å². The lowest BCUT2D eigenvalue weighted by atomic mass is 10.1. The second-order valence-electron chi connectivity index (χ2n) is 8.13. The molecule has 4 aliphatic rings. The number of nitrogens with one attached hydrogen (secondary N) is 2. The predicted molar refractivity (Wildman–Crippen MR) is 125 cm³/mol. The molecule has 9 heteroatoms. The number of piperazine rings is 1. The lowest BCUT2D eigenvalue weighted by Gasteiger charge is -2.29. The topological polar surface area (TPSA) is 83.3 Å². The average Bonchev–Trinajstić information content (AvgIpc) is 3.36. The van der Waals surface area contributed by atoms with Crippen LogP contribution >= 0.6 is 0 Å². The van der Waals surface area contributed by atoms with Crippen LogP contribution in [0, 0.1) is 5.82 Å². The first-order valence-corrected chi connectivity index (χ1v) is 11.1. The molecule has 1 saturated heterocycles. The van der Waals surface area contributed by atoms with Crippen LogP contribution in [0.5, 0.6) is 0 Å². The minimum absolute atomic E-state index is 0.234. The van der Waals surface area contributed by atoms with Gasteiger partial charge in [-0.3, -0.25) is 4.98 Å². The van der Waals surface area contributed by atoms with Crippen molar-refractivity contribution in [3.63, 3.8) is 0 Å². The molecule has 0 unspecified atom stereocenters. The molecule has 1 fully saturated rings. The number of halogens is 1. The Morgan fingerprint density at radius 1 is 0.970 bits per heavy atom. The summed E-state index contributed by atoms with van der Waals surface area (Å²) in [6, 6.07) is 13.0. The van der Waals surface area contributed by atoms with Crippen molar-refractivity contribution in [2.45, 2.75) is 6.54 Å². The fourth-order valence-electron chi connectivity index (χ4n) is 4.45. The molecule has 0 aliphatic carbocycles. The third-order valence-electron chi connectivity index (χ3n) is 6.07. The monoisotopic (exact) mass is 442 g/mol. The second kappa shape index (κ2) is 8.25. The van der Waals surface area contributed by atoms with Crippen LogP contribution in [0.15, 0.2) is 59.9 Å². The Kier molecular flexibility index (Phi) is 4.95. The molecular weight excluding hydrogens is 419 g/mol. The highest BCUT2D eigenvalue weighted by Crippen LogP contribution is 2.35. The summed E-state index contributed by atoms with van der Waals surface area (Å²) in [5.41, 5.74) is 4.12. The van der Waals surface area contributed by atoms with Gasteiger partial charge in [0.1, 0.15) is 17.3 Å². The summed E-state index contributed by atoms with van der Waals surface area (Å²) in [4.78, 5) is 20.1. The molecule has 0 spiro atoms. The van der Waals surface area contributed by atoms with Gasteiger partial charge in [-0.05, 0) is 36.4 Å². The summed E-state index contributed by atoms with van der Waals surface area (Å²) in [5.74, 6) is 1.36. The van der Waals surface area contributed by atoms with Crippen LogP contribution in [0.25, 0.3) is 22.6 Å². The van der Waals surface area contributed by atoms with E-state index in [0.717, 1.165) is 73.4 Å². The number of fused-ring (bicyclic) bond motifs is 3. The summed E-state index contributed by atoms with van der Waals surface area (Å²) in [7, 11) is 0. The van der Waals surface area contributed by atoms with Gasteiger partial charge in [0.25, 0.3) is 5.62 Å². The molecule has 2 aromatic rings. The zero-order chi connectivity index (χ0) is 22.2. The molecule has 6 rings (SSSR count).